The van der Waals surface area contributed by atoms with E-state index in [1.807, 2.05) is 0 Å². The Morgan fingerprint density at radius 3 is 2.43 bits per heavy atom. The van der Waals surface area contributed by atoms with Crippen molar-refractivity contribution in [3.8, 4) is 0 Å². The van der Waals surface area contributed by atoms with E-state index < -0.39 is 49.5 Å². The zero-order valence-electron chi connectivity index (χ0n) is 11.9. The van der Waals surface area contributed by atoms with Gasteiger partial charge in [0.05, 0.1) is 6.54 Å². The Balaban J connectivity index is 2.35. The van der Waals surface area contributed by atoms with Crippen molar-refractivity contribution in [2.45, 2.75) is 18.0 Å². The molecule has 1 amide bonds. The second kappa shape index (κ2) is 5.99. The molecule has 1 aliphatic heterocycles. The van der Waals surface area contributed by atoms with Gasteiger partial charge in [0.2, 0.25) is 0 Å². The van der Waals surface area contributed by atoms with Crippen LogP contribution < -0.4 is 11.2 Å². The first-order valence-corrected chi connectivity index (χ1v) is 6.68. The molecule has 0 aliphatic carbocycles. The van der Waals surface area contributed by atoms with E-state index in [9.17, 15) is 19.5 Å². The lowest BCUT2D eigenvalue weighted by atomic mass is 9.79. The molecular formula is C13H15BN2O7. The van der Waals surface area contributed by atoms with E-state index in [4.69, 9.17) is 20.9 Å². The largest absolute Gasteiger partial charge is 0.488 e. The summed E-state index contributed by atoms with van der Waals surface area (Å²) < 4.78 is 0. The fourth-order valence-electron chi connectivity index (χ4n) is 2.52. The number of carbonyl (C=O) groups excluding carboxylic acids is 1. The molecule has 1 fully saturated rings. The van der Waals surface area contributed by atoms with E-state index in [-0.39, 0.29) is 11.0 Å². The van der Waals surface area contributed by atoms with Crippen molar-refractivity contribution in [1.29, 1.82) is 0 Å². The maximum atomic E-state index is 12.5. The maximum Gasteiger partial charge on any atom is 0.488 e. The summed E-state index contributed by atoms with van der Waals surface area (Å²) in [4.78, 5) is 35.9. The summed E-state index contributed by atoms with van der Waals surface area (Å²) >= 11 is 0. The number of aliphatic carboxylic acids is 2. The molecule has 122 valence electrons. The van der Waals surface area contributed by atoms with Gasteiger partial charge in [0.25, 0.3) is 5.91 Å². The highest BCUT2D eigenvalue weighted by molar-refractivity contribution is 6.58. The fourth-order valence-corrected chi connectivity index (χ4v) is 2.52. The molecule has 2 rings (SSSR count). The third kappa shape index (κ3) is 3.18. The number of carboxylic acids is 2. The van der Waals surface area contributed by atoms with Crippen LogP contribution in [0, 0.1) is 0 Å². The number of hydrogen-bond acceptors (Lipinski definition) is 6. The van der Waals surface area contributed by atoms with Crippen LogP contribution in [-0.4, -0.2) is 68.3 Å². The van der Waals surface area contributed by atoms with Crippen LogP contribution in [0.1, 0.15) is 16.8 Å². The number of carboxylic acid groups (broad SMARTS) is 2. The molecule has 10 heteroatoms. The highest BCUT2D eigenvalue weighted by Crippen LogP contribution is 2.27. The maximum absolute atomic E-state index is 12.5. The highest BCUT2D eigenvalue weighted by atomic mass is 16.4. The highest BCUT2D eigenvalue weighted by Gasteiger charge is 2.51. The second-order valence-electron chi connectivity index (χ2n) is 5.45. The van der Waals surface area contributed by atoms with Gasteiger partial charge in [-0.05, 0) is 17.6 Å². The Morgan fingerprint density at radius 1 is 1.26 bits per heavy atom. The number of nitrogens with zero attached hydrogens (tertiary/aromatic N) is 1. The molecule has 0 unspecified atom stereocenters. The number of likely N-dealkylation sites (tertiary alicyclic amines) is 1. The van der Waals surface area contributed by atoms with Crippen LogP contribution >= 0.6 is 0 Å². The molecule has 2 atom stereocenters. The minimum atomic E-state index is -1.84. The normalized spacial score (nSPS) is 23.6. The Bertz CT molecular complexity index is 665. The average Bonchev–Trinajstić information content (AvgIpc) is 2.86. The summed E-state index contributed by atoms with van der Waals surface area (Å²) in [6.45, 7) is -0.454. The molecule has 0 bridgehead atoms. The first-order valence-electron chi connectivity index (χ1n) is 6.68. The summed E-state index contributed by atoms with van der Waals surface area (Å²) in [5, 5.41) is 36.6. The van der Waals surface area contributed by atoms with E-state index in [1.165, 1.54) is 24.3 Å². The summed E-state index contributed by atoms with van der Waals surface area (Å²) in [7, 11) is -1.79. The third-order valence-electron chi connectivity index (χ3n) is 3.79. The van der Waals surface area contributed by atoms with Crippen molar-refractivity contribution >= 4 is 30.4 Å². The number of amides is 1. The van der Waals surface area contributed by atoms with E-state index >= 15 is 0 Å². The molecular weight excluding hydrogens is 307 g/mol. The monoisotopic (exact) mass is 322 g/mol. The van der Waals surface area contributed by atoms with Crippen molar-refractivity contribution in [2.24, 2.45) is 5.73 Å². The van der Waals surface area contributed by atoms with Crippen LogP contribution in [0.25, 0.3) is 0 Å². The first kappa shape index (κ1) is 16.9. The molecule has 1 saturated heterocycles. The van der Waals surface area contributed by atoms with Gasteiger partial charge < -0.3 is 30.9 Å². The first-order chi connectivity index (χ1) is 10.7. The van der Waals surface area contributed by atoms with Crippen LogP contribution in [0.4, 0.5) is 0 Å². The molecule has 9 nitrogen and oxygen atoms in total. The second-order valence-corrected chi connectivity index (χ2v) is 5.45. The van der Waals surface area contributed by atoms with Gasteiger partial charge in [-0.2, -0.15) is 0 Å². The summed E-state index contributed by atoms with van der Waals surface area (Å²) in [5.74, 6) is -3.49. The average molecular weight is 322 g/mol. The number of carbonyl (C=O) groups is 3. The Labute approximate surface area is 131 Å². The molecule has 0 saturated carbocycles. The van der Waals surface area contributed by atoms with E-state index in [0.717, 1.165) is 4.90 Å². The van der Waals surface area contributed by atoms with Gasteiger partial charge in [0.15, 0.2) is 0 Å². The van der Waals surface area contributed by atoms with E-state index in [2.05, 4.69) is 0 Å². The van der Waals surface area contributed by atoms with Crippen molar-refractivity contribution in [3.63, 3.8) is 0 Å². The van der Waals surface area contributed by atoms with Crippen molar-refractivity contribution in [3.05, 3.63) is 29.8 Å². The Hall–Kier alpha value is -2.43. The topological polar surface area (TPSA) is 161 Å². The molecule has 6 N–H and O–H groups in total. The molecule has 0 spiro atoms. The number of nitrogens with two attached hydrogens (primary N) is 1. The summed E-state index contributed by atoms with van der Waals surface area (Å²) in [5.41, 5.74) is 3.90. The minimum absolute atomic E-state index is 0.0106. The van der Waals surface area contributed by atoms with Gasteiger partial charge in [-0.15, -0.1) is 0 Å². The lowest BCUT2D eigenvalue weighted by molar-refractivity contribution is -0.142. The quantitative estimate of drug-likeness (QED) is 0.378. The fraction of sp³-hybridized carbons (Fsp3) is 0.308. The lowest BCUT2D eigenvalue weighted by Crippen LogP contribution is -2.50. The van der Waals surface area contributed by atoms with Gasteiger partial charge in [0.1, 0.15) is 11.6 Å². The van der Waals surface area contributed by atoms with Crippen LogP contribution in [0.3, 0.4) is 0 Å². The summed E-state index contributed by atoms with van der Waals surface area (Å²) in [6, 6.07) is 3.98. The van der Waals surface area contributed by atoms with Gasteiger partial charge in [-0.1, -0.05) is 12.1 Å². The smallest absolute Gasteiger partial charge is 0.480 e. The van der Waals surface area contributed by atoms with Crippen LogP contribution in [0.15, 0.2) is 24.3 Å². The van der Waals surface area contributed by atoms with Crippen LogP contribution in [-0.2, 0) is 9.59 Å². The zero-order chi connectivity index (χ0) is 17.4. The molecule has 1 aromatic carbocycles. The van der Waals surface area contributed by atoms with Gasteiger partial charge in [0, 0.05) is 12.0 Å². The molecule has 1 aliphatic rings. The molecule has 23 heavy (non-hydrogen) atoms. The van der Waals surface area contributed by atoms with Crippen LogP contribution in [0.5, 0.6) is 0 Å². The Morgan fingerprint density at radius 2 is 1.91 bits per heavy atom. The van der Waals surface area contributed by atoms with E-state index in [0.29, 0.717) is 0 Å². The van der Waals surface area contributed by atoms with Crippen molar-refractivity contribution in [2.75, 3.05) is 6.54 Å². The molecule has 1 heterocycles. The van der Waals surface area contributed by atoms with Crippen molar-refractivity contribution in [1.82, 2.24) is 4.90 Å². The third-order valence-corrected chi connectivity index (χ3v) is 3.79. The lowest BCUT2D eigenvalue weighted by Gasteiger charge is -2.22. The Kier molecular flexibility index (Phi) is 4.41. The molecule has 1 aromatic rings. The SMILES string of the molecule is N[C@@]1(C(=O)O)C[C@H](C(=O)O)N(C(=O)c2cccc(B(O)O)c2)C1. The number of benzene rings is 1. The standard InChI is InChI=1S/C13H15BN2O7/c15-13(12(20)21)5-9(11(18)19)16(6-13)10(17)7-2-1-3-8(4-7)14(22)23/h1-4,9,22-23H,5-6,15H2,(H,18,19)(H,20,21)/t9-,13+/m1/s1. The van der Waals surface area contributed by atoms with Crippen LogP contribution in [0.2, 0.25) is 0 Å². The predicted octanol–water partition coefficient (Wildman–Crippen LogP) is -2.55. The zero-order valence-corrected chi connectivity index (χ0v) is 11.9. The van der Waals surface area contributed by atoms with E-state index in [1.54, 1.807) is 0 Å². The molecule has 0 aromatic heterocycles. The number of rotatable bonds is 4. The summed E-state index contributed by atoms with van der Waals surface area (Å²) in [6.07, 6.45) is -0.411. The van der Waals surface area contributed by atoms with Gasteiger partial charge in [-0.25, -0.2) is 4.79 Å². The van der Waals surface area contributed by atoms with Crippen molar-refractivity contribution < 1.29 is 34.6 Å². The predicted molar refractivity (Wildman–Crippen MR) is 77.9 cm³/mol. The molecule has 0 radical (unpaired) electrons. The van der Waals surface area contributed by atoms with Gasteiger partial charge in [-0.3, -0.25) is 9.59 Å². The van der Waals surface area contributed by atoms with Gasteiger partial charge >= 0.3 is 19.1 Å². The number of hydrogen-bond donors (Lipinski definition) is 5. The minimum Gasteiger partial charge on any atom is -0.480 e.